The molecule has 0 N–H and O–H groups in total. The second-order valence-corrected chi connectivity index (χ2v) is 7.79. The van der Waals surface area contributed by atoms with Gasteiger partial charge in [-0.2, -0.15) is 4.39 Å². The van der Waals surface area contributed by atoms with Gasteiger partial charge in [-0.15, -0.1) is 0 Å². The highest BCUT2D eigenvalue weighted by atomic mass is 19.2. The van der Waals surface area contributed by atoms with Crippen LogP contribution in [0.15, 0.2) is 36.4 Å². The zero-order chi connectivity index (χ0) is 20.8. The van der Waals surface area contributed by atoms with Crippen LogP contribution in [0.5, 0.6) is 5.75 Å². The van der Waals surface area contributed by atoms with Crippen molar-refractivity contribution in [2.24, 2.45) is 5.92 Å². The van der Waals surface area contributed by atoms with Crippen molar-refractivity contribution >= 4 is 6.08 Å². The molecular formula is C25H29F3O. The molecule has 0 heterocycles. The molecule has 0 aromatic heterocycles. The van der Waals surface area contributed by atoms with Crippen molar-refractivity contribution in [3.8, 4) is 5.75 Å². The minimum absolute atomic E-state index is 0.0237. The average molecular weight is 403 g/mol. The SMILES string of the molecule is CCCc1ccc(C=CC2CCC(c3ccc(OCC)c(F)c3F)CC2)cc1F. The zero-order valence-corrected chi connectivity index (χ0v) is 17.2. The summed E-state index contributed by atoms with van der Waals surface area (Å²) in [4.78, 5) is 0. The highest BCUT2D eigenvalue weighted by molar-refractivity contribution is 5.50. The minimum Gasteiger partial charge on any atom is -0.491 e. The molecule has 29 heavy (non-hydrogen) atoms. The van der Waals surface area contributed by atoms with Crippen molar-refractivity contribution in [3.63, 3.8) is 0 Å². The van der Waals surface area contributed by atoms with Crippen molar-refractivity contribution in [2.45, 2.75) is 58.3 Å². The molecule has 0 saturated heterocycles. The van der Waals surface area contributed by atoms with Crippen LogP contribution in [0.3, 0.4) is 0 Å². The summed E-state index contributed by atoms with van der Waals surface area (Å²) in [6.45, 7) is 4.09. The van der Waals surface area contributed by atoms with E-state index in [1.165, 1.54) is 6.07 Å². The molecule has 0 bridgehead atoms. The quantitative estimate of drug-likeness (QED) is 0.467. The Morgan fingerprint density at radius 1 is 0.966 bits per heavy atom. The molecule has 1 nitrogen and oxygen atoms in total. The molecule has 2 aromatic rings. The molecular weight excluding hydrogens is 373 g/mol. The average Bonchev–Trinajstić information content (AvgIpc) is 2.73. The van der Waals surface area contributed by atoms with Crippen molar-refractivity contribution in [2.75, 3.05) is 6.61 Å². The number of benzene rings is 2. The van der Waals surface area contributed by atoms with E-state index in [1.807, 2.05) is 25.1 Å². The van der Waals surface area contributed by atoms with E-state index in [1.54, 1.807) is 19.1 Å². The van der Waals surface area contributed by atoms with E-state index in [2.05, 4.69) is 6.08 Å². The number of aryl methyl sites for hydroxylation is 1. The van der Waals surface area contributed by atoms with E-state index in [-0.39, 0.29) is 17.5 Å². The van der Waals surface area contributed by atoms with Crippen LogP contribution in [0.4, 0.5) is 13.2 Å². The van der Waals surface area contributed by atoms with Crippen LogP contribution < -0.4 is 4.74 Å². The molecule has 156 valence electrons. The maximum atomic E-state index is 14.5. The summed E-state index contributed by atoms with van der Waals surface area (Å²) in [6.07, 6.45) is 9.21. The third-order valence-electron chi connectivity index (χ3n) is 5.75. The summed E-state index contributed by atoms with van der Waals surface area (Å²) >= 11 is 0. The second-order valence-electron chi connectivity index (χ2n) is 7.79. The third kappa shape index (κ3) is 5.23. The molecule has 0 radical (unpaired) electrons. The smallest absolute Gasteiger partial charge is 0.200 e. The van der Waals surface area contributed by atoms with Crippen molar-refractivity contribution in [1.29, 1.82) is 0 Å². The Morgan fingerprint density at radius 3 is 2.38 bits per heavy atom. The van der Waals surface area contributed by atoms with Gasteiger partial charge in [0.25, 0.3) is 0 Å². The van der Waals surface area contributed by atoms with E-state index in [0.29, 0.717) is 18.1 Å². The Balaban J connectivity index is 1.60. The molecule has 0 atom stereocenters. The summed E-state index contributed by atoms with van der Waals surface area (Å²) in [7, 11) is 0. The fourth-order valence-corrected chi connectivity index (χ4v) is 4.14. The number of halogens is 3. The Morgan fingerprint density at radius 2 is 1.72 bits per heavy atom. The standard InChI is InChI=1S/C25H29F3O/c1-3-5-20-13-10-18(16-22(20)26)7-6-17-8-11-19(12-9-17)21-14-15-23(29-4-2)25(28)24(21)27/h6-7,10,13-17,19H,3-5,8-9,11-12H2,1-2H3. The monoisotopic (exact) mass is 402 g/mol. The first kappa shape index (κ1) is 21.5. The Hall–Kier alpha value is -2.23. The molecule has 4 heteroatoms. The molecule has 0 spiro atoms. The maximum absolute atomic E-state index is 14.5. The fourth-order valence-electron chi connectivity index (χ4n) is 4.14. The van der Waals surface area contributed by atoms with Gasteiger partial charge in [-0.25, -0.2) is 8.78 Å². The van der Waals surface area contributed by atoms with E-state index in [4.69, 9.17) is 4.74 Å². The van der Waals surface area contributed by atoms with Gasteiger partial charge in [0.2, 0.25) is 5.82 Å². The van der Waals surface area contributed by atoms with Gasteiger partial charge in [0.05, 0.1) is 6.61 Å². The summed E-state index contributed by atoms with van der Waals surface area (Å²) in [5.41, 5.74) is 2.07. The molecule has 0 aliphatic heterocycles. The predicted octanol–water partition coefficient (Wildman–Crippen LogP) is 7.44. The van der Waals surface area contributed by atoms with Crippen LogP contribution >= 0.6 is 0 Å². The maximum Gasteiger partial charge on any atom is 0.200 e. The Kier molecular flexibility index (Phi) is 7.40. The van der Waals surface area contributed by atoms with Crippen molar-refractivity contribution < 1.29 is 17.9 Å². The van der Waals surface area contributed by atoms with Gasteiger partial charge >= 0.3 is 0 Å². The minimum atomic E-state index is -0.889. The first-order valence-corrected chi connectivity index (χ1v) is 10.6. The van der Waals surface area contributed by atoms with E-state index in [9.17, 15) is 13.2 Å². The first-order chi connectivity index (χ1) is 14.0. The van der Waals surface area contributed by atoms with Gasteiger partial charge in [-0.1, -0.05) is 43.7 Å². The summed E-state index contributed by atoms with van der Waals surface area (Å²) in [5.74, 6) is -1.44. The Labute approximate surface area is 171 Å². The van der Waals surface area contributed by atoms with Gasteiger partial charge in [0.15, 0.2) is 11.6 Å². The van der Waals surface area contributed by atoms with Gasteiger partial charge in [0, 0.05) is 0 Å². The topological polar surface area (TPSA) is 9.23 Å². The second kappa shape index (κ2) is 10.00. The lowest BCUT2D eigenvalue weighted by molar-refractivity contribution is 0.310. The molecule has 3 rings (SSSR count). The molecule has 2 aromatic carbocycles. The van der Waals surface area contributed by atoms with E-state index in [0.717, 1.165) is 49.7 Å². The zero-order valence-electron chi connectivity index (χ0n) is 17.2. The predicted molar refractivity (Wildman–Crippen MR) is 112 cm³/mol. The summed E-state index contributed by atoms with van der Waals surface area (Å²) in [6, 6.07) is 8.59. The lowest BCUT2D eigenvalue weighted by Crippen LogP contribution is -2.14. The van der Waals surface area contributed by atoms with Gasteiger partial charge < -0.3 is 4.74 Å². The number of ether oxygens (including phenoxy) is 1. The fraction of sp³-hybridized carbons (Fsp3) is 0.440. The van der Waals surface area contributed by atoms with Crippen LogP contribution in [-0.4, -0.2) is 6.61 Å². The normalized spacial score (nSPS) is 19.6. The largest absolute Gasteiger partial charge is 0.491 e. The van der Waals surface area contributed by atoms with Crippen LogP contribution in [0.25, 0.3) is 6.08 Å². The van der Waals surface area contributed by atoms with Crippen molar-refractivity contribution in [1.82, 2.24) is 0 Å². The van der Waals surface area contributed by atoms with Crippen LogP contribution in [0.2, 0.25) is 0 Å². The van der Waals surface area contributed by atoms with Crippen LogP contribution in [-0.2, 0) is 6.42 Å². The van der Waals surface area contributed by atoms with Gasteiger partial charge in [-0.3, -0.25) is 0 Å². The third-order valence-corrected chi connectivity index (χ3v) is 5.75. The van der Waals surface area contributed by atoms with Crippen LogP contribution in [0.1, 0.15) is 68.6 Å². The highest BCUT2D eigenvalue weighted by Crippen LogP contribution is 2.39. The van der Waals surface area contributed by atoms with Gasteiger partial charge in [-0.05, 0) is 79.7 Å². The number of rotatable bonds is 7. The summed E-state index contributed by atoms with van der Waals surface area (Å²) < 4.78 is 47.8. The van der Waals surface area contributed by atoms with Crippen LogP contribution in [0, 0.1) is 23.4 Å². The lowest BCUT2D eigenvalue weighted by atomic mass is 9.78. The molecule has 1 fully saturated rings. The first-order valence-electron chi connectivity index (χ1n) is 10.6. The molecule has 0 amide bonds. The lowest BCUT2D eigenvalue weighted by Gasteiger charge is -2.27. The molecule has 1 aliphatic carbocycles. The van der Waals surface area contributed by atoms with Gasteiger partial charge in [0.1, 0.15) is 5.82 Å². The molecule has 1 saturated carbocycles. The van der Waals surface area contributed by atoms with Crippen molar-refractivity contribution in [3.05, 3.63) is 70.5 Å². The summed E-state index contributed by atoms with van der Waals surface area (Å²) in [5, 5.41) is 0. The molecule has 1 aliphatic rings. The van der Waals surface area contributed by atoms with E-state index < -0.39 is 11.6 Å². The number of hydrogen-bond donors (Lipinski definition) is 0. The highest BCUT2D eigenvalue weighted by Gasteiger charge is 2.25. The number of hydrogen-bond acceptors (Lipinski definition) is 1. The number of allylic oxidation sites excluding steroid dienone is 1. The Bertz CT molecular complexity index is 851. The molecule has 0 unspecified atom stereocenters. The van der Waals surface area contributed by atoms with E-state index >= 15 is 0 Å².